The van der Waals surface area contributed by atoms with Gasteiger partial charge in [-0.2, -0.15) is 5.26 Å². The molecule has 19 heavy (non-hydrogen) atoms. The van der Waals surface area contributed by atoms with E-state index in [4.69, 9.17) is 4.52 Å². The first-order valence-electron chi connectivity index (χ1n) is 5.95. The molecule has 2 heterocycles. The lowest BCUT2D eigenvalue weighted by molar-refractivity contribution is 0.391. The summed E-state index contributed by atoms with van der Waals surface area (Å²) < 4.78 is 5.16. The van der Waals surface area contributed by atoms with Crippen LogP contribution in [-0.4, -0.2) is 10.1 Å². The topological polar surface area (TPSA) is 62.7 Å². The second-order valence-electron chi connectivity index (χ2n) is 4.46. The lowest BCUT2D eigenvalue weighted by Crippen LogP contribution is -1.99. The van der Waals surface area contributed by atoms with Crippen molar-refractivity contribution in [3.63, 3.8) is 0 Å². The zero-order valence-corrected chi connectivity index (χ0v) is 12.3. The Hall–Kier alpha value is -1.80. The maximum absolute atomic E-state index is 9.28. The molecule has 0 saturated carbocycles. The molecule has 2 aromatic heterocycles. The average molecular weight is 273 g/mol. The number of nitriles is 1. The maximum Gasteiger partial charge on any atom is 0.147 e. The molecule has 2 rings (SSSR count). The smallest absolute Gasteiger partial charge is 0.147 e. The summed E-state index contributed by atoms with van der Waals surface area (Å²) in [6.45, 7) is 7.81. The number of aryl methyl sites for hydroxylation is 2. The van der Waals surface area contributed by atoms with E-state index < -0.39 is 0 Å². The number of hydrogen-bond acceptors (Lipinski definition) is 5. The van der Waals surface area contributed by atoms with Crippen molar-refractivity contribution in [3.05, 3.63) is 39.9 Å². The molecule has 0 bridgehead atoms. The van der Waals surface area contributed by atoms with Crippen molar-refractivity contribution in [2.24, 2.45) is 0 Å². The van der Waals surface area contributed by atoms with E-state index >= 15 is 0 Å². The van der Waals surface area contributed by atoms with Gasteiger partial charge in [-0.25, -0.2) is 4.98 Å². The normalized spacial score (nSPS) is 10.5. The summed E-state index contributed by atoms with van der Waals surface area (Å²) in [7, 11) is 0. The van der Waals surface area contributed by atoms with Gasteiger partial charge < -0.3 is 4.52 Å². The molecule has 0 amide bonds. The van der Waals surface area contributed by atoms with Gasteiger partial charge in [-0.1, -0.05) is 16.9 Å². The fraction of sp³-hybridized carbons (Fsp3) is 0.357. The molecule has 0 aliphatic rings. The van der Waals surface area contributed by atoms with Crippen molar-refractivity contribution in [2.75, 3.05) is 0 Å². The minimum absolute atomic E-state index is 0.629. The monoisotopic (exact) mass is 273 g/mol. The molecule has 98 valence electrons. The van der Waals surface area contributed by atoms with Crippen LogP contribution in [0.15, 0.2) is 15.6 Å². The van der Waals surface area contributed by atoms with Gasteiger partial charge >= 0.3 is 0 Å². The number of pyridine rings is 1. The summed E-state index contributed by atoms with van der Waals surface area (Å²) in [5.41, 5.74) is 4.57. The second kappa shape index (κ2) is 5.45. The van der Waals surface area contributed by atoms with Crippen molar-refractivity contribution in [2.45, 2.75) is 38.5 Å². The van der Waals surface area contributed by atoms with E-state index in [1.807, 2.05) is 33.8 Å². The largest absolute Gasteiger partial charge is 0.360 e. The van der Waals surface area contributed by atoms with Crippen molar-refractivity contribution in [3.8, 4) is 6.07 Å². The zero-order valence-electron chi connectivity index (χ0n) is 11.4. The number of hydrogen-bond donors (Lipinski definition) is 0. The van der Waals surface area contributed by atoms with E-state index in [0.29, 0.717) is 11.3 Å². The summed E-state index contributed by atoms with van der Waals surface area (Å²) in [5.74, 6) is 1.42. The lowest BCUT2D eigenvalue weighted by atomic mass is 10.1. The van der Waals surface area contributed by atoms with Crippen LogP contribution in [0.5, 0.6) is 0 Å². The van der Waals surface area contributed by atoms with Gasteiger partial charge in [-0.3, -0.25) is 0 Å². The standard InChI is InChI=1S/C14H15N3OS/c1-8-5-12(18-17-8)7-19-14-13(6-15)10(3)9(2)11(4)16-14/h5H,7H2,1-4H3. The Balaban J connectivity index is 2.28. The molecule has 0 radical (unpaired) electrons. The molecule has 0 aliphatic carbocycles. The Bertz CT molecular complexity index is 655. The highest BCUT2D eigenvalue weighted by atomic mass is 32.2. The number of thioether (sulfide) groups is 1. The van der Waals surface area contributed by atoms with E-state index in [1.54, 1.807) is 0 Å². The van der Waals surface area contributed by atoms with Crippen LogP contribution in [0, 0.1) is 39.0 Å². The highest BCUT2D eigenvalue weighted by molar-refractivity contribution is 7.98. The Morgan fingerprint density at radius 3 is 2.58 bits per heavy atom. The van der Waals surface area contributed by atoms with Crippen molar-refractivity contribution in [1.82, 2.24) is 10.1 Å². The number of aromatic nitrogens is 2. The van der Waals surface area contributed by atoms with Gasteiger partial charge in [0, 0.05) is 11.8 Å². The summed E-state index contributed by atoms with van der Waals surface area (Å²) in [6, 6.07) is 4.14. The van der Waals surface area contributed by atoms with Crippen LogP contribution in [-0.2, 0) is 5.75 Å². The number of rotatable bonds is 3. The third-order valence-corrected chi connectivity index (χ3v) is 4.10. The van der Waals surface area contributed by atoms with Gasteiger partial charge in [0.25, 0.3) is 0 Å². The molecule has 0 unspecified atom stereocenters. The van der Waals surface area contributed by atoms with Gasteiger partial charge in [0.15, 0.2) is 0 Å². The highest BCUT2D eigenvalue weighted by Gasteiger charge is 2.13. The van der Waals surface area contributed by atoms with Crippen molar-refractivity contribution < 1.29 is 4.52 Å². The maximum atomic E-state index is 9.28. The summed E-state index contributed by atoms with van der Waals surface area (Å²) in [5, 5.41) is 13.9. The predicted octanol–water partition coefficient (Wildman–Crippen LogP) is 3.47. The van der Waals surface area contributed by atoms with E-state index in [-0.39, 0.29) is 0 Å². The van der Waals surface area contributed by atoms with E-state index in [0.717, 1.165) is 33.3 Å². The Morgan fingerprint density at radius 1 is 1.26 bits per heavy atom. The van der Waals surface area contributed by atoms with Crippen LogP contribution in [0.4, 0.5) is 0 Å². The zero-order chi connectivity index (χ0) is 14.0. The molecule has 0 spiro atoms. The first-order chi connectivity index (χ1) is 9.02. The van der Waals surface area contributed by atoms with Crippen LogP contribution in [0.1, 0.15) is 33.8 Å². The first-order valence-corrected chi connectivity index (χ1v) is 6.94. The van der Waals surface area contributed by atoms with Gasteiger partial charge in [0.05, 0.1) is 17.0 Å². The summed E-state index contributed by atoms with van der Waals surface area (Å²) in [4.78, 5) is 4.50. The van der Waals surface area contributed by atoms with Crippen LogP contribution >= 0.6 is 11.8 Å². The lowest BCUT2D eigenvalue weighted by Gasteiger charge is -2.10. The van der Waals surface area contributed by atoms with Crippen LogP contribution < -0.4 is 0 Å². The van der Waals surface area contributed by atoms with Crippen LogP contribution in [0.3, 0.4) is 0 Å². The fourth-order valence-corrected chi connectivity index (χ4v) is 2.73. The minimum Gasteiger partial charge on any atom is -0.360 e. The summed E-state index contributed by atoms with van der Waals surface area (Å²) >= 11 is 1.51. The van der Waals surface area contributed by atoms with Gasteiger partial charge in [-0.05, 0) is 38.8 Å². The highest BCUT2D eigenvalue weighted by Crippen LogP contribution is 2.28. The quantitative estimate of drug-likeness (QED) is 0.801. The SMILES string of the molecule is Cc1cc(CSc2nc(C)c(C)c(C)c2C#N)on1. The van der Waals surface area contributed by atoms with Crippen LogP contribution in [0.2, 0.25) is 0 Å². The molecule has 4 nitrogen and oxygen atoms in total. The molecule has 0 N–H and O–H groups in total. The third kappa shape index (κ3) is 2.79. The van der Waals surface area contributed by atoms with Crippen LogP contribution in [0.25, 0.3) is 0 Å². The molecule has 0 atom stereocenters. The van der Waals surface area contributed by atoms with Gasteiger partial charge in [-0.15, -0.1) is 0 Å². The van der Waals surface area contributed by atoms with E-state index in [2.05, 4.69) is 16.2 Å². The fourth-order valence-electron chi connectivity index (χ4n) is 1.77. The van der Waals surface area contributed by atoms with E-state index in [1.165, 1.54) is 11.8 Å². The molecule has 0 saturated heterocycles. The van der Waals surface area contributed by atoms with Crippen molar-refractivity contribution in [1.29, 1.82) is 5.26 Å². The molecule has 0 fully saturated rings. The molecule has 0 aliphatic heterocycles. The molecular formula is C14H15N3OS. The van der Waals surface area contributed by atoms with E-state index in [9.17, 15) is 5.26 Å². The molecule has 0 aromatic carbocycles. The molecule has 2 aromatic rings. The third-order valence-electron chi connectivity index (χ3n) is 3.10. The van der Waals surface area contributed by atoms with Gasteiger partial charge in [0.1, 0.15) is 16.9 Å². The predicted molar refractivity (Wildman–Crippen MR) is 74.0 cm³/mol. The molecular weight excluding hydrogens is 258 g/mol. The second-order valence-corrected chi connectivity index (χ2v) is 5.43. The van der Waals surface area contributed by atoms with Crippen molar-refractivity contribution >= 4 is 11.8 Å². The van der Waals surface area contributed by atoms with Gasteiger partial charge in [0.2, 0.25) is 0 Å². The number of nitrogens with zero attached hydrogens (tertiary/aromatic N) is 3. The minimum atomic E-state index is 0.629. The molecule has 5 heteroatoms. The first kappa shape index (κ1) is 13.6. The summed E-state index contributed by atoms with van der Waals surface area (Å²) in [6.07, 6.45) is 0. The Morgan fingerprint density at radius 2 is 2.00 bits per heavy atom. The Labute approximate surface area is 116 Å². The average Bonchev–Trinajstić information content (AvgIpc) is 2.79. The Kier molecular flexibility index (Phi) is 3.91.